The number of Topliss-reactive ketones (excluding diaryl/α,β-unsaturated/α-hetero) is 1. The number of aliphatic hydroxyl groups is 1. The minimum atomic E-state index is -0.995. The van der Waals surface area contributed by atoms with Crippen molar-refractivity contribution >= 4 is 11.8 Å². The summed E-state index contributed by atoms with van der Waals surface area (Å²) in [6.07, 6.45) is 3.50. The number of rotatable bonds is 4. The van der Waals surface area contributed by atoms with E-state index in [4.69, 9.17) is 0 Å². The molecule has 1 rings (SSSR count). The van der Waals surface area contributed by atoms with Gasteiger partial charge < -0.3 is 15.0 Å². The van der Waals surface area contributed by atoms with E-state index in [2.05, 4.69) is 0 Å². The second kappa shape index (κ2) is 4.78. The van der Waals surface area contributed by atoms with E-state index >= 15 is 0 Å². The lowest BCUT2D eigenvalue weighted by molar-refractivity contribution is -0.150. The van der Waals surface area contributed by atoms with E-state index in [0.29, 0.717) is 12.8 Å². The average Bonchev–Trinajstić information content (AvgIpc) is 2.16. The van der Waals surface area contributed by atoms with Crippen LogP contribution in [0, 0.1) is 11.3 Å². The van der Waals surface area contributed by atoms with Crippen LogP contribution in [0.2, 0.25) is 0 Å². The van der Waals surface area contributed by atoms with Gasteiger partial charge in [-0.3, -0.25) is 4.79 Å². The van der Waals surface area contributed by atoms with Crippen molar-refractivity contribution in [3.8, 4) is 0 Å². The maximum Gasteiger partial charge on any atom is 0.313 e. The normalized spacial score (nSPS) is 33.7. The molecule has 0 radical (unpaired) electrons. The molecule has 0 fully saturated rings. The fraction of sp³-hybridized carbons (Fsp3) is 0.667. The van der Waals surface area contributed by atoms with Gasteiger partial charge in [0.1, 0.15) is 5.78 Å². The number of carboxylic acids is 1. The Morgan fingerprint density at radius 3 is 2.56 bits per heavy atom. The van der Waals surface area contributed by atoms with Gasteiger partial charge in [0.05, 0.1) is 11.5 Å². The predicted molar refractivity (Wildman–Crippen MR) is 58.9 cm³/mol. The Balaban J connectivity index is 2.92. The lowest BCUT2D eigenvalue weighted by atomic mass is 9.67. The molecule has 0 aliphatic heterocycles. The van der Waals surface area contributed by atoms with Crippen LogP contribution in [0.15, 0.2) is 12.2 Å². The summed E-state index contributed by atoms with van der Waals surface area (Å²) in [5, 5.41) is 18.7. The highest BCUT2D eigenvalue weighted by Gasteiger charge is 2.43. The third-order valence-corrected chi connectivity index (χ3v) is 3.38. The third kappa shape index (κ3) is 2.50. The number of carbonyl (C=O) groups excluding carboxylic acids is 1. The van der Waals surface area contributed by atoms with Gasteiger partial charge in [0, 0.05) is 6.42 Å². The number of hydrogen-bond acceptors (Lipinski definition) is 3. The third-order valence-electron chi connectivity index (χ3n) is 3.38. The lowest BCUT2D eigenvalue weighted by Gasteiger charge is -2.36. The molecule has 0 aromatic heterocycles. The first kappa shape index (κ1) is 12.9. The van der Waals surface area contributed by atoms with Crippen molar-refractivity contribution < 1.29 is 19.8 Å². The summed E-state index contributed by atoms with van der Waals surface area (Å²) in [6.45, 7) is 3.27. The summed E-state index contributed by atoms with van der Waals surface area (Å²) in [5.41, 5.74) is -0.995. The SMILES string of the molecule is CC(=O)CC[C@]1(C(=O)O)C=C[C@@H](O)C[C@H]1C. The first-order valence-electron chi connectivity index (χ1n) is 5.49. The maximum atomic E-state index is 11.4. The molecule has 0 bridgehead atoms. The zero-order chi connectivity index (χ0) is 12.3. The van der Waals surface area contributed by atoms with Gasteiger partial charge in [-0.15, -0.1) is 0 Å². The van der Waals surface area contributed by atoms with Crippen molar-refractivity contribution in [3.05, 3.63) is 12.2 Å². The van der Waals surface area contributed by atoms with Crippen LogP contribution in [0.5, 0.6) is 0 Å². The van der Waals surface area contributed by atoms with E-state index in [0.717, 1.165) is 0 Å². The summed E-state index contributed by atoms with van der Waals surface area (Å²) < 4.78 is 0. The van der Waals surface area contributed by atoms with Crippen LogP contribution >= 0.6 is 0 Å². The van der Waals surface area contributed by atoms with E-state index in [9.17, 15) is 19.8 Å². The van der Waals surface area contributed by atoms with Crippen LogP contribution in [0.25, 0.3) is 0 Å². The summed E-state index contributed by atoms with van der Waals surface area (Å²) in [7, 11) is 0. The molecule has 2 N–H and O–H groups in total. The van der Waals surface area contributed by atoms with E-state index in [-0.39, 0.29) is 18.1 Å². The van der Waals surface area contributed by atoms with Crippen molar-refractivity contribution in [3.63, 3.8) is 0 Å². The fourth-order valence-corrected chi connectivity index (χ4v) is 2.20. The summed E-state index contributed by atoms with van der Waals surface area (Å²) in [4.78, 5) is 22.3. The van der Waals surface area contributed by atoms with Crippen LogP contribution in [-0.4, -0.2) is 28.1 Å². The maximum absolute atomic E-state index is 11.4. The molecular formula is C12H18O4. The molecule has 0 saturated carbocycles. The first-order chi connectivity index (χ1) is 7.38. The van der Waals surface area contributed by atoms with Gasteiger partial charge >= 0.3 is 5.97 Å². The molecule has 3 atom stereocenters. The van der Waals surface area contributed by atoms with Crippen LogP contribution in [0.1, 0.15) is 33.1 Å². The van der Waals surface area contributed by atoms with Crippen molar-refractivity contribution in [2.24, 2.45) is 11.3 Å². The van der Waals surface area contributed by atoms with Crippen LogP contribution in [-0.2, 0) is 9.59 Å². The highest BCUT2D eigenvalue weighted by atomic mass is 16.4. The Morgan fingerprint density at radius 1 is 1.50 bits per heavy atom. The molecule has 16 heavy (non-hydrogen) atoms. The number of carbonyl (C=O) groups is 2. The van der Waals surface area contributed by atoms with Gasteiger partial charge in [0.25, 0.3) is 0 Å². The largest absolute Gasteiger partial charge is 0.481 e. The van der Waals surface area contributed by atoms with E-state index in [1.165, 1.54) is 13.0 Å². The number of aliphatic carboxylic acids is 1. The number of ketones is 1. The van der Waals surface area contributed by atoms with Gasteiger partial charge in [-0.25, -0.2) is 0 Å². The quantitative estimate of drug-likeness (QED) is 0.710. The van der Waals surface area contributed by atoms with E-state index < -0.39 is 17.5 Å². The van der Waals surface area contributed by atoms with E-state index in [1.807, 2.05) is 0 Å². The lowest BCUT2D eigenvalue weighted by Crippen LogP contribution is -2.40. The summed E-state index contributed by atoms with van der Waals surface area (Å²) in [6, 6.07) is 0. The molecule has 0 saturated heterocycles. The molecule has 0 heterocycles. The number of aliphatic hydroxyl groups excluding tert-OH is 1. The molecule has 0 spiro atoms. The van der Waals surface area contributed by atoms with Crippen LogP contribution in [0.3, 0.4) is 0 Å². The molecule has 0 unspecified atom stereocenters. The fourth-order valence-electron chi connectivity index (χ4n) is 2.20. The molecule has 0 amide bonds. The molecule has 0 aromatic carbocycles. The number of carboxylic acid groups (broad SMARTS) is 1. The molecular weight excluding hydrogens is 208 g/mol. The zero-order valence-electron chi connectivity index (χ0n) is 9.64. The molecule has 1 aliphatic carbocycles. The molecule has 1 aliphatic rings. The van der Waals surface area contributed by atoms with Crippen molar-refractivity contribution in [1.82, 2.24) is 0 Å². The van der Waals surface area contributed by atoms with Crippen molar-refractivity contribution in [2.75, 3.05) is 0 Å². The van der Waals surface area contributed by atoms with Gasteiger partial charge in [-0.05, 0) is 25.7 Å². The zero-order valence-corrected chi connectivity index (χ0v) is 9.64. The van der Waals surface area contributed by atoms with Crippen molar-refractivity contribution in [2.45, 2.75) is 39.2 Å². The second-order valence-corrected chi connectivity index (χ2v) is 4.61. The summed E-state index contributed by atoms with van der Waals surface area (Å²) >= 11 is 0. The Bertz CT molecular complexity index is 321. The Hall–Kier alpha value is -1.16. The van der Waals surface area contributed by atoms with Gasteiger partial charge in [0.2, 0.25) is 0 Å². The smallest absolute Gasteiger partial charge is 0.313 e. The standard InChI is InChI=1S/C12H18O4/c1-8-7-10(14)4-6-12(8,11(15)16)5-3-9(2)13/h4,6,8,10,14H,3,5,7H2,1-2H3,(H,15,16)/t8-,10-,12+/m1/s1. The van der Waals surface area contributed by atoms with Gasteiger partial charge in [-0.2, -0.15) is 0 Å². The minimum absolute atomic E-state index is 0.00709. The minimum Gasteiger partial charge on any atom is -0.481 e. The van der Waals surface area contributed by atoms with Crippen molar-refractivity contribution in [1.29, 1.82) is 0 Å². The van der Waals surface area contributed by atoms with Crippen LogP contribution in [0.4, 0.5) is 0 Å². The average molecular weight is 226 g/mol. The molecule has 90 valence electrons. The molecule has 4 nitrogen and oxygen atoms in total. The Kier molecular flexibility index (Phi) is 3.86. The second-order valence-electron chi connectivity index (χ2n) is 4.61. The highest BCUT2D eigenvalue weighted by Crippen LogP contribution is 2.41. The topological polar surface area (TPSA) is 74.6 Å². The number of hydrogen-bond donors (Lipinski definition) is 2. The first-order valence-corrected chi connectivity index (χ1v) is 5.49. The van der Waals surface area contributed by atoms with Gasteiger partial charge in [-0.1, -0.05) is 19.1 Å². The molecule has 4 heteroatoms. The molecule has 0 aromatic rings. The van der Waals surface area contributed by atoms with E-state index in [1.54, 1.807) is 13.0 Å². The highest BCUT2D eigenvalue weighted by molar-refractivity contribution is 5.80. The Morgan fingerprint density at radius 2 is 2.12 bits per heavy atom. The Labute approximate surface area is 95.0 Å². The predicted octanol–water partition coefficient (Wildman–Crippen LogP) is 1.38. The summed E-state index contributed by atoms with van der Waals surface area (Å²) in [5.74, 6) is -1.08. The monoisotopic (exact) mass is 226 g/mol. The van der Waals surface area contributed by atoms with Crippen LogP contribution < -0.4 is 0 Å². The van der Waals surface area contributed by atoms with Gasteiger partial charge in [0.15, 0.2) is 0 Å².